The van der Waals surface area contributed by atoms with Crippen molar-refractivity contribution in [2.75, 3.05) is 12.3 Å². The van der Waals surface area contributed by atoms with Gasteiger partial charge < -0.3 is 15.8 Å². The molecule has 3 N–H and O–H groups in total. The number of terminal acetylenes is 1. The molecular formula is C13H16N2O2. The maximum absolute atomic E-state index is 12.0. The molecule has 0 saturated heterocycles. The number of anilines is 1. The van der Waals surface area contributed by atoms with Crippen molar-refractivity contribution in [3.63, 3.8) is 0 Å². The summed E-state index contributed by atoms with van der Waals surface area (Å²) in [6, 6.07) is 4.74. The molecule has 0 aliphatic heterocycles. The van der Waals surface area contributed by atoms with Crippen LogP contribution < -0.4 is 15.8 Å². The van der Waals surface area contributed by atoms with E-state index in [1.165, 1.54) is 0 Å². The van der Waals surface area contributed by atoms with E-state index in [-0.39, 0.29) is 11.9 Å². The fraction of sp³-hybridized carbons (Fsp3) is 0.308. The van der Waals surface area contributed by atoms with Crippen molar-refractivity contribution in [3.05, 3.63) is 23.8 Å². The highest BCUT2D eigenvalue weighted by Crippen LogP contribution is 2.24. The van der Waals surface area contributed by atoms with Crippen LogP contribution in [0.25, 0.3) is 0 Å². The molecule has 4 heteroatoms. The zero-order chi connectivity index (χ0) is 12.8. The lowest BCUT2D eigenvalue weighted by Crippen LogP contribution is -2.32. The number of nitrogen functional groups attached to an aromatic ring is 1. The first-order chi connectivity index (χ1) is 8.10. The molecule has 1 rings (SSSR count). The second-order valence-electron chi connectivity index (χ2n) is 3.52. The van der Waals surface area contributed by atoms with Gasteiger partial charge in [0.25, 0.3) is 5.91 Å². The Labute approximate surface area is 101 Å². The first-order valence-corrected chi connectivity index (χ1v) is 5.38. The largest absolute Gasteiger partial charge is 0.493 e. The molecule has 1 unspecified atom stereocenters. The van der Waals surface area contributed by atoms with Crippen molar-refractivity contribution >= 4 is 11.6 Å². The summed E-state index contributed by atoms with van der Waals surface area (Å²) in [4.78, 5) is 12.0. The van der Waals surface area contributed by atoms with Gasteiger partial charge in [-0.05, 0) is 26.0 Å². The number of rotatable bonds is 4. The van der Waals surface area contributed by atoms with Gasteiger partial charge in [-0.25, -0.2) is 0 Å². The first-order valence-electron chi connectivity index (χ1n) is 5.38. The molecule has 0 aliphatic carbocycles. The van der Waals surface area contributed by atoms with Crippen molar-refractivity contribution in [1.82, 2.24) is 5.32 Å². The van der Waals surface area contributed by atoms with E-state index in [1.54, 1.807) is 25.1 Å². The molecule has 1 aromatic rings. The number of ether oxygens (including phenoxy) is 1. The van der Waals surface area contributed by atoms with Gasteiger partial charge in [-0.3, -0.25) is 4.79 Å². The van der Waals surface area contributed by atoms with Crippen LogP contribution in [0.5, 0.6) is 5.75 Å². The van der Waals surface area contributed by atoms with E-state index in [9.17, 15) is 4.79 Å². The van der Waals surface area contributed by atoms with Gasteiger partial charge in [0, 0.05) is 5.69 Å². The van der Waals surface area contributed by atoms with Gasteiger partial charge in [-0.15, -0.1) is 6.42 Å². The Bertz CT molecular complexity index is 449. The average Bonchev–Trinajstić information content (AvgIpc) is 2.29. The third-order valence-corrected chi connectivity index (χ3v) is 2.18. The lowest BCUT2D eigenvalue weighted by atomic mass is 10.1. The topological polar surface area (TPSA) is 64.4 Å². The Balaban J connectivity index is 3.03. The van der Waals surface area contributed by atoms with Crippen molar-refractivity contribution in [2.45, 2.75) is 19.9 Å². The molecule has 1 amide bonds. The van der Waals surface area contributed by atoms with Crippen LogP contribution in [0.4, 0.5) is 5.69 Å². The van der Waals surface area contributed by atoms with Crippen molar-refractivity contribution in [1.29, 1.82) is 0 Å². The number of nitrogens with two attached hydrogens (primary N) is 1. The van der Waals surface area contributed by atoms with Gasteiger partial charge >= 0.3 is 0 Å². The third kappa shape index (κ3) is 3.15. The fourth-order valence-corrected chi connectivity index (χ4v) is 1.38. The average molecular weight is 232 g/mol. The predicted molar refractivity (Wildman–Crippen MR) is 67.8 cm³/mol. The molecule has 0 heterocycles. The molecule has 0 fully saturated rings. The van der Waals surface area contributed by atoms with Crippen LogP contribution in [-0.2, 0) is 0 Å². The fourth-order valence-electron chi connectivity index (χ4n) is 1.38. The maximum Gasteiger partial charge on any atom is 0.258 e. The van der Waals surface area contributed by atoms with Crippen molar-refractivity contribution in [3.8, 4) is 18.1 Å². The number of nitrogens with one attached hydrogen (secondary N) is 1. The molecule has 0 saturated carbocycles. The Morgan fingerprint density at radius 2 is 2.35 bits per heavy atom. The maximum atomic E-state index is 12.0. The number of hydrogen-bond donors (Lipinski definition) is 2. The van der Waals surface area contributed by atoms with Crippen LogP contribution in [0, 0.1) is 12.3 Å². The van der Waals surface area contributed by atoms with E-state index in [4.69, 9.17) is 16.9 Å². The Hall–Kier alpha value is -2.15. The number of carbonyl (C=O) groups excluding carboxylic acids is 1. The number of carbonyl (C=O) groups is 1. The molecule has 4 nitrogen and oxygen atoms in total. The number of benzene rings is 1. The van der Waals surface area contributed by atoms with Gasteiger partial charge in [-0.1, -0.05) is 12.0 Å². The summed E-state index contributed by atoms with van der Waals surface area (Å²) in [6.07, 6.45) is 5.21. The molecular weight excluding hydrogens is 216 g/mol. The van der Waals surface area contributed by atoms with E-state index in [0.29, 0.717) is 23.6 Å². The van der Waals surface area contributed by atoms with Crippen LogP contribution in [0.1, 0.15) is 24.2 Å². The first kappa shape index (κ1) is 12.9. The smallest absolute Gasteiger partial charge is 0.258 e. The summed E-state index contributed by atoms with van der Waals surface area (Å²) < 4.78 is 5.36. The highest BCUT2D eigenvalue weighted by atomic mass is 16.5. The minimum atomic E-state index is -0.350. The van der Waals surface area contributed by atoms with Crippen LogP contribution in [0.3, 0.4) is 0 Å². The minimum absolute atomic E-state index is 0.322. The van der Waals surface area contributed by atoms with Crippen LogP contribution >= 0.6 is 0 Å². The molecule has 0 aliphatic rings. The predicted octanol–water partition coefficient (Wildman–Crippen LogP) is 1.42. The molecule has 0 aromatic heterocycles. The van der Waals surface area contributed by atoms with E-state index in [2.05, 4.69) is 11.2 Å². The monoisotopic (exact) mass is 232 g/mol. The highest BCUT2D eigenvalue weighted by molar-refractivity contribution is 6.02. The van der Waals surface area contributed by atoms with Crippen LogP contribution in [0.2, 0.25) is 0 Å². The zero-order valence-electron chi connectivity index (χ0n) is 9.99. The quantitative estimate of drug-likeness (QED) is 0.609. The summed E-state index contributed by atoms with van der Waals surface area (Å²) in [7, 11) is 0. The molecule has 90 valence electrons. The third-order valence-electron chi connectivity index (χ3n) is 2.18. The van der Waals surface area contributed by atoms with E-state index >= 15 is 0 Å². The molecule has 1 atom stereocenters. The lowest BCUT2D eigenvalue weighted by molar-refractivity contribution is 0.0945. The molecule has 1 aromatic carbocycles. The van der Waals surface area contributed by atoms with Crippen LogP contribution in [-0.4, -0.2) is 18.6 Å². The van der Waals surface area contributed by atoms with Gasteiger partial charge in [0.05, 0.1) is 12.6 Å². The van der Waals surface area contributed by atoms with Gasteiger partial charge in [0.1, 0.15) is 11.3 Å². The van der Waals surface area contributed by atoms with Crippen molar-refractivity contribution < 1.29 is 9.53 Å². The van der Waals surface area contributed by atoms with Gasteiger partial charge in [-0.2, -0.15) is 0 Å². The molecule has 0 radical (unpaired) electrons. The molecule has 0 bridgehead atoms. The molecule has 17 heavy (non-hydrogen) atoms. The second kappa shape index (κ2) is 5.80. The summed E-state index contributed by atoms with van der Waals surface area (Å²) in [5.74, 6) is 2.57. The summed E-state index contributed by atoms with van der Waals surface area (Å²) >= 11 is 0. The second-order valence-corrected chi connectivity index (χ2v) is 3.52. The van der Waals surface area contributed by atoms with E-state index in [1.807, 2.05) is 6.92 Å². The SMILES string of the molecule is C#CC(C)NC(=O)c1c(N)cccc1OCC. The number of hydrogen-bond acceptors (Lipinski definition) is 3. The summed E-state index contributed by atoms with van der Waals surface area (Å²) in [5.41, 5.74) is 6.48. The Kier molecular flexibility index (Phi) is 4.41. The Morgan fingerprint density at radius 3 is 2.94 bits per heavy atom. The Morgan fingerprint density at radius 1 is 1.65 bits per heavy atom. The molecule has 0 spiro atoms. The van der Waals surface area contributed by atoms with E-state index < -0.39 is 0 Å². The van der Waals surface area contributed by atoms with Gasteiger partial charge in [0.15, 0.2) is 0 Å². The lowest BCUT2D eigenvalue weighted by Gasteiger charge is -2.13. The normalized spacial score (nSPS) is 11.4. The van der Waals surface area contributed by atoms with Crippen molar-refractivity contribution in [2.24, 2.45) is 0 Å². The zero-order valence-corrected chi connectivity index (χ0v) is 9.99. The highest BCUT2D eigenvalue weighted by Gasteiger charge is 2.16. The minimum Gasteiger partial charge on any atom is -0.493 e. The number of amides is 1. The van der Waals surface area contributed by atoms with Gasteiger partial charge in [0.2, 0.25) is 0 Å². The summed E-state index contributed by atoms with van der Waals surface area (Å²) in [6.45, 7) is 4.03. The standard InChI is InChI=1S/C13H16N2O2/c1-4-9(3)15-13(16)12-10(14)7-6-8-11(12)17-5-2/h1,6-9H,5,14H2,2-3H3,(H,15,16). The van der Waals surface area contributed by atoms with Crippen LogP contribution in [0.15, 0.2) is 18.2 Å². The summed E-state index contributed by atoms with van der Waals surface area (Å²) in [5, 5.41) is 2.65. The van der Waals surface area contributed by atoms with E-state index in [0.717, 1.165) is 0 Å².